The molecule has 0 amide bonds. The first-order valence-corrected chi connectivity index (χ1v) is 20.4. The Hall–Kier alpha value is -6.32. The summed E-state index contributed by atoms with van der Waals surface area (Å²) in [7, 11) is 0. The number of nitrogens with zero attached hydrogens (tertiary/aromatic N) is 2. The molecule has 0 aromatic heterocycles. The van der Waals surface area contributed by atoms with Crippen LogP contribution in [0.5, 0.6) is 0 Å². The number of rotatable bonds is 2. The van der Waals surface area contributed by atoms with Crippen LogP contribution >= 0.6 is 0 Å². The molecule has 0 saturated heterocycles. The van der Waals surface area contributed by atoms with Crippen molar-refractivity contribution in [3.63, 3.8) is 0 Å². The van der Waals surface area contributed by atoms with Gasteiger partial charge in [0.2, 0.25) is 0 Å². The summed E-state index contributed by atoms with van der Waals surface area (Å²) in [5.41, 5.74) is 13.9. The maximum atomic E-state index is 2.61. The summed E-state index contributed by atoms with van der Waals surface area (Å²) in [6.07, 6.45) is 0. The third-order valence-electron chi connectivity index (χ3n) is 12.6. The molecule has 0 atom stereocenters. The van der Waals surface area contributed by atoms with Crippen LogP contribution in [0.2, 0.25) is 0 Å². The lowest BCUT2D eigenvalue weighted by Crippen LogP contribution is -2.61. The Balaban J connectivity index is 1.30. The van der Waals surface area contributed by atoms with Gasteiger partial charge in [-0.05, 0) is 130 Å². The zero-order chi connectivity index (χ0) is 38.8. The van der Waals surface area contributed by atoms with Gasteiger partial charge < -0.3 is 9.80 Å². The van der Waals surface area contributed by atoms with Crippen LogP contribution in [0.25, 0.3) is 43.1 Å². The van der Waals surface area contributed by atoms with E-state index in [1.165, 1.54) is 105 Å². The van der Waals surface area contributed by atoms with Crippen LogP contribution in [-0.2, 0) is 10.8 Å². The van der Waals surface area contributed by atoms with E-state index in [4.69, 9.17) is 0 Å². The van der Waals surface area contributed by atoms with E-state index in [0.29, 0.717) is 0 Å². The Labute approximate surface area is 336 Å². The summed E-state index contributed by atoms with van der Waals surface area (Å²) in [6, 6.07) is 62.1. The molecule has 0 fully saturated rings. The van der Waals surface area contributed by atoms with Crippen molar-refractivity contribution in [2.24, 2.45) is 0 Å². The smallest absolute Gasteiger partial charge is 0.252 e. The molecule has 0 saturated carbocycles. The lowest BCUT2D eigenvalue weighted by atomic mass is 9.33. The zero-order valence-electron chi connectivity index (χ0n) is 33.6. The molecule has 0 unspecified atom stereocenters. The Morgan fingerprint density at radius 1 is 0.316 bits per heavy atom. The quantitative estimate of drug-likeness (QED) is 0.163. The molecule has 274 valence electrons. The molecule has 0 N–H and O–H groups in total. The highest BCUT2D eigenvalue weighted by Gasteiger charge is 2.45. The Morgan fingerprint density at radius 2 is 0.614 bits per heavy atom. The minimum atomic E-state index is -0.105. The first-order valence-electron chi connectivity index (χ1n) is 20.4. The summed E-state index contributed by atoms with van der Waals surface area (Å²) in [5.74, 6) is 0. The predicted octanol–water partition coefficient (Wildman–Crippen LogP) is 13.0. The first kappa shape index (κ1) is 34.0. The molecule has 57 heavy (non-hydrogen) atoms. The molecule has 2 aliphatic rings. The van der Waals surface area contributed by atoms with E-state index in [0.717, 1.165) is 0 Å². The van der Waals surface area contributed by atoms with Gasteiger partial charge in [-0.3, -0.25) is 0 Å². The summed E-state index contributed by atoms with van der Waals surface area (Å²) >= 11 is 0. The molecule has 9 aromatic carbocycles. The summed E-state index contributed by atoms with van der Waals surface area (Å²) in [6.45, 7) is 14.1. The fourth-order valence-electron chi connectivity index (χ4n) is 9.85. The molecular formula is C54H45BN2. The van der Waals surface area contributed by atoms with E-state index in [-0.39, 0.29) is 17.5 Å². The highest BCUT2D eigenvalue weighted by atomic mass is 15.2. The second kappa shape index (κ2) is 12.1. The van der Waals surface area contributed by atoms with Gasteiger partial charge in [-0.25, -0.2) is 0 Å². The van der Waals surface area contributed by atoms with Crippen molar-refractivity contribution in [2.45, 2.75) is 52.4 Å². The maximum Gasteiger partial charge on any atom is 0.252 e. The maximum absolute atomic E-state index is 2.61. The topological polar surface area (TPSA) is 6.48 Å². The normalized spacial score (nSPS) is 13.7. The van der Waals surface area contributed by atoms with Crippen molar-refractivity contribution in [3.8, 4) is 0 Å². The van der Waals surface area contributed by atoms with Crippen LogP contribution in [0.3, 0.4) is 0 Å². The van der Waals surface area contributed by atoms with Crippen LogP contribution in [0.1, 0.15) is 52.7 Å². The molecule has 0 bridgehead atoms. The zero-order valence-corrected chi connectivity index (χ0v) is 33.6. The van der Waals surface area contributed by atoms with Crippen LogP contribution in [0.4, 0.5) is 34.1 Å². The van der Waals surface area contributed by atoms with E-state index in [1.807, 2.05) is 0 Å². The van der Waals surface area contributed by atoms with Gasteiger partial charge in [-0.15, -0.1) is 0 Å². The van der Waals surface area contributed by atoms with Crippen molar-refractivity contribution in [1.29, 1.82) is 0 Å². The molecule has 0 aliphatic carbocycles. The highest BCUT2D eigenvalue weighted by Crippen LogP contribution is 2.50. The van der Waals surface area contributed by atoms with Gasteiger partial charge >= 0.3 is 0 Å². The first-order chi connectivity index (χ1) is 27.5. The Bertz CT molecular complexity index is 2920. The molecule has 2 aliphatic heterocycles. The van der Waals surface area contributed by atoms with Gasteiger partial charge in [0.25, 0.3) is 6.71 Å². The standard InChI is InChI=1S/C54H45BN2/c1-53(2,3)42-26-34-16-7-11-20-38(34)30-48(42)56-46-24-15-25-47-52(46)55(44-28-36-18-9-13-22-40(36)32-50(44)56)45-29-37-19-10-14-23-41(37)33-51(45)57(47)49-31-39-21-12-8-17-35(39)27-43(49)54(4,5)6/h7-33H,1-6H3. The van der Waals surface area contributed by atoms with Gasteiger partial charge in [0.15, 0.2) is 0 Å². The molecule has 9 aromatic rings. The van der Waals surface area contributed by atoms with Crippen LogP contribution in [-0.4, -0.2) is 6.71 Å². The van der Waals surface area contributed by atoms with E-state index >= 15 is 0 Å². The average molecular weight is 733 g/mol. The fraction of sp³-hybridized carbons (Fsp3) is 0.148. The third kappa shape index (κ3) is 5.18. The number of benzene rings is 9. The molecule has 0 spiro atoms. The van der Waals surface area contributed by atoms with Gasteiger partial charge in [0.05, 0.1) is 11.4 Å². The summed E-state index contributed by atoms with van der Waals surface area (Å²) in [5, 5.41) is 10.1. The average Bonchev–Trinajstić information content (AvgIpc) is 3.20. The van der Waals surface area contributed by atoms with Gasteiger partial charge in [0.1, 0.15) is 0 Å². The number of hydrogen-bond acceptors (Lipinski definition) is 2. The molecule has 2 heterocycles. The second-order valence-corrected chi connectivity index (χ2v) is 18.3. The number of fused-ring (bicyclic) bond motifs is 8. The molecular weight excluding hydrogens is 687 g/mol. The van der Waals surface area contributed by atoms with E-state index in [2.05, 4.69) is 215 Å². The molecule has 0 radical (unpaired) electrons. The monoisotopic (exact) mass is 732 g/mol. The number of hydrogen-bond donors (Lipinski definition) is 0. The lowest BCUT2D eigenvalue weighted by Gasteiger charge is -2.46. The number of anilines is 6. The van der Waals surface area contributed by atoms with E-state index in [1.54, 1.807) is 0 Å². The Morgan fingerprint density at radius 3 is 0.947 bits per heavy atom. The van der Waals surface area contributed by atoms with Crippen LogP contribution < -0.4 is 26.2 Å². The third-order valence-corrected chi connectivity index (χ3v) is 12.6. The fourth-order valence-corrected chi connectivity index (χ4v) is 9.85. The molecule has 3 heteroatoms. The second-order valence-electron chi connectivity index (χ2n) is 18.3. The van der Waals surface area contributed by atoms with Crippen molar-refractivity contribution < 1.29 is 0 Å². The van der Waals surface area contributed by atoms with Gasteiger partial charge in [-0.1, -0.05) is 157 Å². The predicted molar refractivity (Wildman–Crippen MR) is 248 cm³/mol. The van der Waals surface area contributed by atoms with Crippen molar-refractivity contribution in [2.75, 3.05) is 9.80 Å². The van der Waals surface area contributed by atoms with Crippen molar-refractivity contribution >= 4 is 100 Å². The van der Waals surface area contributed by atoms with Gasteiger partial charge in [-0.2, -0.15) is 0 Å². The van der Waals surface area contributed by atoms with E-state index < -0.39 is 0 Å². The van der Waals surface area contributed by atoms with Crippen LogP contribution in [0.15, 0.2) is 164 Å². The lowest BCUT2D eigenvalue weighted by molar-refractivity contribution is 0.591. The summed E-state index contributed by atoms with van der Waals surface area (Å²) < 4.78 is 0. The van der Waals surface area contributed by atoms with E-state index in [9.17, 15) is 0 Å². The largest absolute Gasteiger partial charge is 0.311 e. The minimum Gasteiger partial charge on any atom is -0.311 e. The van der Waals surface area contributed by atoms with Crippen molar-refractivity contribution in [3.05, 3.63) is 175 Å². The molecule has 11 rings (SSSR count). The molecule has 2 nitrogen and oxygen atoms in total. The van der Waals surface area contributed by atoms with Crippen molar-refractivity contribution in [1.82, 2.24) is 0 Å². The minimum absolute atomic E-state index is 0.0278. The highest BCUT2D eigenvalue weighted by molar-refractivity contribution is 7.00. The summed E-state index contributed by atoms with van der Waals surface area (Å²) in [4.78, 5) is 5.22. The van der Waals surface area contributed by atoms with Gasteiger partial charge in [0, 0.05) is 22.7 Å². The SMILES string of the molecule is CC(C)(C)c1cc2ccccc2cc1N1c2cc3ccccc3cc2B2c3cc4ccccc4cc3N(c3cc4ccccc4cc3C(C)(C)C)c3cccc1c32. The Kier molecular flexibility index (Phi) is 7.21. The van der Waals surface area contributed by atoms with Crippen LogP contribution in [0, 0.1) is 0 Å².